The number of rotatable bonds is 3. The maximum Gasteiger partial charge on any atom is 0.335 e. The molecule has 1 aliphatic carbocycles. The van der Waals surface area contributed by atoms with Crippen molar-refractivity contribution < 1.29 is 14.7 Å². The monoisotopic (exact) mass is 326 g/mol. The summed E-state index contributed by atoms with van der Waals surface area (Å²) < 4.78 is 1.92. The number of hydrogen-bond acceptors (Lipinski definition) is 3. The van der Waals surface area contributed by atoms with Gasteiger partial charge < -0.3 is 5.11 Å². The molecule has 126 valence electrons. The maximum absolute atomic E-state index is 12.4. The quantitative estimate of drug-likeness (QED) is 0.937. The number of benzene rings is 1. The highest BCUT2D eigenvalue weighted by atomic mass is 16.4. The van der Waals surface area contributed by atoms with Crippen LogP contribution in [-0.2, 0) is 18.4 Å². The number of aromatic nitrogens is 2. The maximum atomic E-state index is 12.4. The highest BCUT2D eigenvalue weighted by Gasteiger charge is 2.32. The van der Waals surface area contributed by atoms with Crippen molar-refractivity contribution in [2.24, 2.45) is 0 Å². The summed E-state index contributed by atoms with van der Waals surface area (Å²) in [4.78, 5) is 23.4. The van der Waals surface area contributed by atoms with Crippen molar-refractivity contribution in [2.45, 2.75) is 52.0 Å². The second kappa shape index (κ2) is 5.89. The number of carbonyl (C=O) groups excluding carboxylic acids is 1. The normalized spacial score (nSPS) is 14.5. The first kappa shape index (κ1) is 16.4. The van der Waals surface area contributed by atoms with E-state index in [0.29, 0.717) is 13.0 Å². The van der Waals surface area contributed by atoms with E-state index in [2.05, 4.69) is 20.8 Å². The molecule has 0 aliphatic heterocycles. The summed E-state index contributed by atoms with van der Waals surface area (Å²) in [6.07, 6.45) is 2.31. The lowest BCUT2D eigenvalue weighted by Crippen LogP contribution is -2.19. The van der Waals surface area contributed by atoms with Crippen molar-refractivity contribution in [1.82, 2.24) is 9.78 Å². The fourth-order valence-electron chi connectivity index (χ4n) is 3.17. The second-order valence-corrected chi connectivity index (χ2v) is 7.36. The Morgan fingerprint density at radius 2 is 1.88 bits per heavy atom. The standard InChI is InChI=1S/C19H22N2O3/c1-19(2,3)17-16-14(5-4-6-15(16)22)21(20-17)11-12-7-9-13(10-8-12)18(23)24/h7-10H,4-6,11H2,1-3H3,(H,23,24). The van der Waals surface area contributed by atoms with E-state index in [-0.39, 0.29) is 16.8 Å². The minimum absolute atomic E-state index is 0.185. The predicted octanol–water partition coefficient (Wildman–Crippen LogP) is 3.45. The molecule has 0 atom stereocenters. The third-order valence-electron chi connectivity index (χ3n) is 4.40. The van der Waals surface area contributed by atoms with Crippen LogP contribution in [0.3, 0.4) is 0 Å². The average Bonchev–Trinajstić information content (AvgIpc) is 2.88. The summed E-state index contributed by atoms with van der Waals surface area (Å²) in [5, 5.41) is 13.7. The lowest BCUT2D eigenvalue weighted by Gasteiger charge is -2.19. The largest absolute Gasteiger partial charge is 0.478 e. The molecule has 1 aromatic heterocycles. The molecule has 1 aromatic carbocycles. The number of fused-ring (bicyclic) bond motifs is 1. The molecule has 0 radical (unpaired) electrons. The van der Waals surface area contributed by atoms with Crippen LogP contribution in [0.15, 0.2) is 24.3 Å². The van der Waals surface area contributed by atoms with E-state index in [1.54, 1.807) is 24.3 Å². The summed E-state index contributed by atoms with van der Waals surface area (Å²) >= 11 is 0. The molecule has 1 N–H and O–H groups in total. The molecule has 0 unspecified atom stereocenters. The Morgan fingerprint density at radius 3 is 2.46 bits per heavy atom. The van der Waals surface area contributed by atoms with Crippen LogP contribution in [0.4, 0.5) is 0 Å². The molecule has 5 heteroatoms. The second-order valence-electron chi connectivity index (χ2n) is 7.36. The minimum Gasteiger partial charge on any atom is -0.478 e. The zero-order valence-corrected chi connectivity index (χ0v) is 14.3. The highest BCUT2D eigenvalue weighted by Crippen LogP contribution is 2.32. The average molecular weight is 326 g/mol. The van der Waals surface area contributed by atoms with Gasteiger partial charge in [-0.3, -0.25) is 9.48 Å². The fraction of sp³-hybridized carbons (Fsp3) is 0.421. The van der Waals surface area contributed by atoms with Gasteiger partial charge in [-0.1, -0.05) is 32.9 Å². The summed E-state index contributed by atoms with van der Waals surface area (Å²) in [5.41, 5.74) is 3.74. The van der Waals surface area contributed by atoms with Gasteiger partial charge in [0, 0.05) is 17.5 Å². The highest BCUT2D eigenvalue weighted by molar-refractivity contribution is 5.99. The Bertz CT molecular complexity index is 795. The summed E-state index contributed by atoms with van der Waals surface area (Å²) in [7, 11) is 0. The van der Waals surface area contributed by atoms with Crippen LogP contribution in [0.2, 0.25) is 0 Å². The molecular formula is C19H22N2O3. The predicted molar refractivity (Wildman–Crippen MR) is 90.7 cm³/mol. The van der Waals surface area contributed by atoms with E-state index in [0.717, 1.165) is 35.4 Å². The SMILES string of the molecule is CC(C)(C)c1nn(Cc2ccc(C(=O)O)cc2)c2c1C(=O)CCC2. The Balaban J connectivity index is 1.99. The first-order chi connectivity index (χ1) is 11.3. The molecule has 5 nitrogen and oxygen atoms in total. The van der Waals surface area contributed by atoms with Crippen molar-refractivity contribution in [3.63, 3.8) is 0 Å². The molecule has 1 heterocycles. The van der Waals surface area contributed by atoms with Gasteiger partial charge in [-0.05, 0) is 30.5 Å². The van der Waals surface area contributed by atoms with Crippen LogP contribution < -0.4 is 0 Å². The topological polar surface area (TPSA) is 72.2 Å². The van der Waals surface area contributed by atoms with Gasteiger partial charge in [-0.25, -0.2) is 4.79 Å². The fourth-order valence-corrected chi connectivity index (χ4v) is 3.17. The minimum atomic E-state index is -0.932. The third kappa shape index (κ3) is 2.98. The van der Waals surface area contributed by atoms with Gasteiger partial charge in [0.05, 0.1) is 23.4 Å². The number of carbonyl (C=O) groups is 2. The van der Waals surface area contributed by atoms with E-state index in [4.69, 9.17) is 10.2 Å². The molecule has 0 amide bonds. The zero-order chi connectivity index (χ0) is 17.5. The van der Waals surface area contributed by atoms with Gasteiger partial charge in [-0.2, -0.15) is 5.10 Å². The molecule has 0 fully saturated rings. The summed E-state index contributed by atoms with van der Waals surface area (Å²) in [6.45, 7) is 6.77. The van der Waals surface area contributed by atoms with Crippen LogP contribution in [0, 0.1) is 0 Å². The number of hydrogen-bond donors (Lipinski definition) is 1. The van der Waals surface area contributed by atoms with Gasteiger partial charge in [-0.15, -0.1) is 0 Å². The van der Waals surface area contributed by atoms with Crippen LogP contribution in [0.25, 0.3) is 0 Å². The van der Waals surface area contributed by atoms with Crippen LogP contribution in [-0.4, -0.2) is 26.6 Å². The van der Waals surface area contributed by atoms with Crippen LogP contribution in [0.5, 0.6) is 0 Å². The van der Waals surface area contributed by atoms with E-state index in [1.165, 1.54) is 0 Å². The Kier molecular flexibility index (Phi) is 4.03. The van der Waals surface area contributed by atoms with E-state index in [9.17, 15) is 9.59 Å². The van der Waals surface area contributed by atoms with Gasteiger partial charge in [0.2, 0.25) is 0 Å². The summed E-state index contributed by atoms with van der Waals surface area (Å²) in [6, 6.07) is 6.81. The van der Waals surface area contributed by atoms with Crippen molar-refractivity contribution >= 4 is 11.8 Å². The van der Waals surface area contributed by atoms with E-state index in [1.807, 2.05) is 4.68 Å². The molecule has 0 saturated carbocycles. The molecule has 2 aromatic rings. The van der Waals surface area contributed by atoms with E-state index >= 15 is 0 Å². The molecule has 24 heavy (non-hydrogen) atoms. The Morgan fingerprint density at radius 1 is 1.21 bits per heavy atom. The van der Waals surface area contributed by atoms with Gasteiger partial charge in [0.25, 0.3) is 0 Å². The van der Waals surface area contributed by atoms with E-state index < -0.39 is 5.97 Å². The Hall–Kier alpha value is -2.43. The number of Topliss-reactive ketones (excluding diaryl/α,β-unsaturated/α-hetero) is 1. The number of nitrogens with zero attached hydrogens (tertiary/aromatic N) is 2. The number of aromatic carboxylic acids is 1. The van der Waals surface area contributed by atoms with Crippen LogP contribution in [0.1, 0.15) is 71.3 Å². The molecular weight excluding hydrogens is 304 g/mol. The zero-order valence-electron chi connectivity index (χ0n) is 14.3. The molecule has 0 bridgehead atoms. The third-order valence-corrected chi connectivity index (χ3v) is 4.40. The van der Waals surface area contributed by atoms with Crippen molar-refractivity contribution in [2.75, 3.05) is 0 Å². The number of carboxylic acids is 1. The first-order valence-electron chi connectivity index (χ1n) is 8.23. The van der Waals surface area contributed by atoms with Gasteiger partial charge >= 0.3 is 5.97 Å². The lowest BCUT2D eigenvalue weighted by molar-refractivity contribution is 0.0696. The van der Waals surface area contributed by atoms with Crippen molar-refractivity contribution in [3.8, 4) is 0 Å². The first-order valence-corrected chi connectivity index (χ1v) is 8.23. The van der Waals surface area contributed by atoms with Crippen LogP contribution >= 0.6 is 0 Å². The number of carboxylic acid groups (broad SMARTS) is 1. The molecule has 0 spiro atoms. The smallest absolute Gasteiger partial charge is 0.335 e. The Labute approximate surface area is 141 Å². The molecule has 1 aliphatic rings. The summed E-state index contributed by atoms with van der Waals surface area (Å²) in [5.74, 6) is -0.743. The molecule has 0 saturated heterocycles. The number of ketones is 1. The van der Waals surface area contributed by atoms with Crippen molar-refractivity contribution in [3.05, 3.63) is 52.3 Å². The van der Waals surface area contributed by atoms with Gasteiger partial charge in [0.15, 0.2) is 5.78 Å². The van der Waals surface area contributed by atoms with Crippen molar-refractivity contribution in [1.29, 1.82) is 0 Å². The lowest BCUT2D eigenvalue weighted by atomic mass is 9.84. The molecule has 3 rings (SSSR count). The van der Waals surface area contributed by atoms with Gasteiger partial charge in [0.1, 0.15) is 0 Å².